The fraction of sp³-hybridized carbons (Fsp3) is 0.588. The van der Waals surface area contributed by atoms with Crippen molar-refractivity contribution in [3.8, 4) is 0 Å². The third kappa shape index (κ3) is 3.97. The molecular formula is C17H29N3O. The molecule has 0 radical (unpaired) electrons. The van der Waals surface area contributed by atoms with E-state index in [0.717, 1.165) is 24.2 Å². The molecule has 21 heavy (non-hydrogen) atoms. The summed E-state index contributed by atoms with van der Waals surface area (Å²) >= 11 is 0. The van der Waals surface area contributed by atoms with Crippen LogP contribution in [0, 0.1) is 5.41 Å². The van der Waals surface area contributed by atoms with E-state index in [1.54, 1.807) is 0 Å². The lowest BCUT2D eigenvalue weighted by molar-refractivity contribution is -0.125. The molecule has 0 atom stereocenters. The van der Waals surface area contributed by atoms with E-state index in [4.69, 9.17) is 5.73 Å². The maximum Gasteiger partial charge on any atom is 0.231 e. The molecule has 1 aromatic carbocycles. The Morgan fingerprint density at radius 2 is 1.95 bits per heavy atom. The van der Waals surface area contributed by atoms with Gasteiger partial charge in [0, 0.05) is 31.0 Å². The molecule has 0 saturated heterocycles. The standard InChI is InChI=1S/C17H29N3O/c1-6-17(7-2,12-18)16(21)19-14-9-8-10-15(11-14)20(5)13(3)4/h8-11,13H,6-7,12,18H2,1-5H3,(H,19,21). The van der Waals surface area contributed by atoms with Gasteiger partial charge in [-0.1, -0.05) is 19.9 Å². The first-order chi connectivity index (χ1) is 9.90. The molecular weight excluding hydrogens is 262 g/mol. The summed E-state index contributed by atoms with van der Waals surface area (Å²) in [6, 6.07) is 8.34. The highest BCUT2D eigenvalue weighted by atomic mass is 16.2. The number of nitrogens with zero attached hydrogens (tertiary/aromatic N) is 1. The van der Waals surface area contributed by atoms with Gasteiger partial charge in [0.05, 0.1) is 5.41 Å². The van der Waals surface area contributed by atoms with Gasteiger partial charge >= 0.3 is 0 Å². The second-order valence-corrected chi connectivity index (χ2v) is 5.90. The zero-order valence-corrected chi connectivity index (χ0v) is 13.9. The predicted octanol–water partition coefficient (Wildman–Crippen LogP) is 3.23. The van der Waals surface area contributed by atoms with Crippen LogP contribution in [0.15, 0.2) is 24.3 Å². The van der Waals surface area contributed by atoms with Crippen molar-refractivity contribution in [1.82, 2.24) is 0 Å². The highest BCUT2D eigenvalue weighted by Gasteiger charge is 2.33. The number of nitrogens with two attached hydrogens (primary N) is 1. The average Bonchev–Trinajstić information content (AvgIpc) is 2.49. The topological polar surface area (TPSA) is 58.4 Å². The molecule has 0 fully saturated rings. The monoisotopic (exact) mass is 291 g/mol. The summed E-state index contributed by atoms with van der Waals surface area (Å²) in [5.74, 6) is 0.0133. The van der Waals surface area contributed by atoms with Crippen LogP contribution in [-0.4, -0.2) is 25.5 Å². The van der Waals surface area contributed by atoms with E-state index in [1.807, 2.05) is 45.2 Å². The Morgan fingerprint density at radius 3 is 2.43 bits per heavy atom. The quantitative estimate of drug-likeness (QED) is 0.811. The molecule has 4 heteroatoms. The van der Waals surface area contributed by atoms with Crippen LogP contribution in [0.2, 0.25) is 0 Å². The Hall–Kier alpha value is -1.55. The SMILES string of the molecule is CCC(CC)(CN)C(=O)Nc1cccc(N(C)C(C)C)c1. The summed E-state index contributed by atoms with van der Waals surface area (Å²) in [5, 5.41) is 3.02. The van der Waals surface area contributed by atoms with E-state index >= 15 is 0 Å². The van der Waals surface area contributed by atoms with Crippen LogP contribution >= 0.6 is 0 Å². The molecule has 3 N–H and O–H groups in total. The molecule has 0 saturated carbocycles. The van der Waals surface area contributed by atoms with E-state index < -0.39 is 5.41 Å². The highest BCUT2D eigenvalue weighted by Crippen LogP contribution is 2.28. The Labute approximate surface area is 128 Å². The van der Waals surface area contributed by atoms with Crippen molar-refractivity contribution in [1.29, 1.82) is 0 Å². The Balaban J connectivity index is 2.93. The molecule has 1 amide bonds. The lowest BCUT2D eigenvalue weighted by atomic mass is 9.81. The summed E-state index contributed by atoms with van der Waals surface area (Å²) in [6.07, 6.45) is 1.49. The molecule has 0 aliphatic carbocycles. The van der Waals surface area contributed by atoms with Crippen LogP contribution < -0.4 is 16.0 Å². The third-order valence-corrected chi connectivity index (χ3v) is 4.51. The molecule has 0 aliphatic rings. The highest BCUT2D eigenvalue weighted by molar-refractivity contribution is 5.95. The lowest BCUT2D eigenvalue weighted by Gasteiger charge is -2.29. The first-order valence-corrected chi connectivity index (χ1v) is 7.74. The number of hydrogen-bond donors (Lipinski definition) is 2. The third-order valence-electron chi connectivity index (χ3n) is 4.51. The summed E-state index contributed by atoms with van der Waals surface area (Å²) in [7, 11) is 2.05. The van der Waals surface area contributed by atoms with Crippen molar-refractivity contribution in [2.24, 2.45) is 11.1 Å². The van der Waals surface area contributed by atoms with Gasteiger partial charge in [0.25, 0.3) is 0 Å². The van der Waals surface area contributed by atoms with E-state index in [1.165, 1.54) is 0 Å². The van der Waals surface area contributed by atoms with Crippen molar-refractivity contribution in [3.63, 3.8) is 0 Å². The maximum atomic E-state index is 12.5. The molecule has 0 aliphatic heterocycles. The average molecular weight is 291 g/mol. The Kier molecular flexibility index (Phi) is 6.21. The second kappa shape index (κ2) is 7.46. The second-order valence-electron chi connectivity index (χ2n) is 5.90. The van der Waals surface area contributed by atoms with Crippen LogP contribution in [0.25, 0.3) is 0 Å². The van der Waals surface area contributed by atoms with Gasteiger partial charge in [0.15, 0.2) is 0 Å². The Morgan fingerprint density at radius 1 is 1.33 bits per heavy atom. The van der Waals surface area contributed by atoms with Crippen LogP contribution in [0.5, 0.6) is 0 Å². The Bertz CT molecular complexity index is 459. The normalized spacial score (nSPS) is 11.6. The van der Waals surface area contributed by atoms with Crippen LogP contribution in [0.1, 0.15) is 40.5 Å². The van der Waals surface area contributed by atoms with Gasteiger partial charge in [0.2, 0.25) is 5.91 Å². The maximum absolute atomic E-state index is 12.5. The fourth-order valence-corrected chi connectivity index (χ4v) is 2.32. The van der Waals surface area contributed by atoms with Crippen molar-refractivity contribution in [3.05, 3.63) is 24.3 Å². The van der Waals surface area contributed by atoms with Gasteiger partial charge in [-0.05, 0) is 44.9 Å². The first kappa shape index (κ1) is 17.5. The fourth-order valence-electron chi connectivity index (χ4n) is 2.32. The van der Waals surface area contributed by atoms with Gasteiger partial charge in [0.1, 0.15) is 0 Å². The first-order valence-electron chi connectivity index (χ1n) is 7.74. The summed E-state index contributed by atoms with van der Waals surface area (Å²) in [6.45, 7) is 8.67. The molecule has 0 aromatic heterocycles. The lowest BCUT2D eigenvalue weighted by Crippen LogP contribution is -2.41. The summed E-state index contributed by atoms with van der Waals surface area (Å²) in [4.78, 5) is 14.7. The smallest absolute Gasteiger partial charge is 0.231 e. The largest absolute Gasteiger partial charge is 0.372 e. The number of benzene rings is 1. The van der Waals surface area contributed by atoms with Crippen LogP contribution in [0.4, 0.5) is 11.4 Å². The van der Waals surface area contributed by atoms with E-state index in [0.29, 0.717) is 12.6 Å². The zero-order chi connectivity index (χ0) is 16.0. The minimum absolute atomic E-state index is 0.0133. The number of carbonyl (C=O) groups is 1. The van der Waals surface area contributed by atoms with Gasteiger partial charge in [-0.25, -0.2) is 0 Å². The van der Waals surface area contributed by atoms with Crippen molar-refractivity contribution in [2.75, 3.05) is 23.8 Å². The molecule has 4 nitrogen and oxygen atoms in total. The molecule has 1 rings (SSSR count). The number of nitrogens with one attached hydrogen (secondary N) is 1. The van der Waals surface area contributed by atoms with Crippen LogP contribution in [0.3, 0.4) is 0 Å². The number of anilines is 2. The predicted molar refractivity (Wildman–Crippen MR) is 90.7 cm³/mol. The molecule has 118 valence electrons. The van der Waals surface area contributed by atoms with E-state index in [2.05, 4.69) is 24.1 Å². The molecule has 0 spiro atoms. The minimum Gasteiger partial charge on any atom is -0.372 e. The van der Waals surface area contributed by atoms with Crippen molar-refractivity contribution in [2.45, 2.75) is 46.6 Å². The number of carbonyl (C=O) groups excluding carboxylic acids is 1. The van der Waals surface area contributed by atoms with Gasteiger partial charge in [-0.2, -0.15) is 0 Å². The van der Waals surface area contributed by atoms with Crippen molar-refractivity contribution < 1.29 is 4.79 Å². The molecule has 0 heterocycles. The molecule has 0 bridgehead atoms. The number of hydrogen-bond acceptors (Lipinski definition) is 3. The van der Waals surface area contributed by atoms with Gasteiger partial charge < -0.3 is 16.0 Å². The van der Waals surface area contributed by atoms with E-state index in [9.17, 15) is 4.79 Å². The molecule has 0 unspecified atom stereocenters. The van der Waals surface area contributed by atoms with Gasteiger partial charge in [-0.3, -0.25) is 4.79 Å². The van der Waals surface area contributed by atoms with E-state index in [-0.39, 0.29) is 5.91 Å². The van der Waals surface area contributed by atoms with Crippen LogP contribution in [-0.2, 0) is 4.79 Å². The summed E-state index contributed by atoms with van der Waals surface area (Å²) in [5.41, 5.74) is 7.28. The van der Waals surface area contributed by atoms with Crippen molar-refractivity contribution >= 4 is 17.3 Å². The number of amides is 1. The van der Waals surface area contributed by atoms with Gasteiger partial charge in [-0.15, -0.1) is 0 Å². The zero-order valence-electron chi connectivity index (χ0n) is 13.9. The summed E-state index contributed by atoms with van der Waals surface area (Å²) < 4.78 is 0. The number of rotatable bonds is 7. The molecule has 1 aromatic rings. The minimum atomic E-state index is -0.472.